The number of sulfonamides is 1. The second kappa shape index (κ2) is 4.63. The highest BCUT2D eigenvalue weighted by Crippen LogP contribution is 2.31. The van der Waals surface area contributed by atoms with Crippen LogP contribution in [0.15, 0.2) is 24.3 Å². The number of rotatable bonds is 2. The van der Waals surface area contributed by atoms with Gasteiger partial charge in [-0.3, -0.25) is 9.10 Å². The Balaban J connectivity index is 2.43. The number of hydrogen-bond acceptors (Lipinski definition) is 3. The Morgan fingerprint density at radius 2 is 1.84 bits per heavy atom. The molecule has 0 atom stereocenters. The molecular weight excluding hydrogens is 262 g/mol. The Labute approximate surface area is 114 Å². The van der Waals surface area contributed by atoms with Crippen molar-refractivity contribution in [1.29, 1.82) is 0 Å². The molecule has 0 saturated carbocycles. The summed E-state index contributed by atoms with van der Waals surface area (Å²) in [5.74, 6) is 0.0838. The van der Waals surface area contributed by atoms with E-state index in [-0.39, 0.29) is 29.9 Å². The standard InChI is InChI=1S/C14H19NO3S/c1-14(2,3)10-19(17,18)15-9-8-13(16)11-6-4-5-7-12(11)15/h4-7H,8-10H2,1-3H3. The maximum atomic E-state index is 12.5. The highest BCUT2D eigenvalue weighted by atomic mass is 32.2. The van der Waals surface area contributed by atoms with Crippen LogP contribution in [0.4, 0.5) is 5.69 Å². The first kappa shape index (κ1) is 14.1. The predicted octanol–water partition coefficient (Wildman–Crippen LogP) is 2.46. The Kier molecular flexibility index (Phi) is 3.43. The molecule has 104 valence electrons. The summed E-state index contributed by atoms with van der Waals surface area (Å²) in [5.41, 5.74) is 0.712. The molecule has 19 heavy (non-hydrogen) atoms. The minimum absolute atomic E-state index is 0.0119. The fourth-order valence-electron chi connectivity index (χ4n) is 2.30. The monoisotopic (exact) mass is 281 g/mol. The lowest BCUT2D eigenvalue weighted by Gasteiger charge is -2.32. The second-order valence-corrected chi connectivity index (χ2v) is 7.97. The number of ketones is 1. The van der Waals surface area contributed by atoms with E-state index in [1.165, 1.54) is 4.31 Å². The summed E-state index contributed by atoms with van der Waals surface area (Å²) in [6, 6.07) is 6.91. The molecule has 2 rings (SSSR count). The average molecular weight is 281 g/mol. The molecule has 0 aromatic heterocycles. The lowest BCUT2D eigenvalue weighted by atomic mass is 10.0. The first-order chi connectivity index (χ1) is 8.71. The Morgan fingerprint density at radius 1 is 1.21 bits per heavy atom. The van der Waals surface area contributed by atoms with Gasteiger partial charge in [0.05, 0.1) is 11.4 Å². The van der Waals surface area contributed by atoms with Crippen molar-refractivity contribution in [2.45, 2.75) is 27.2 Å². The number of para-hydroxylation sites is 1. The highest BCUT2D eigenvalue weighted by Gasteiger charge is 2.33. The van der Waals surface area contributed by atoms with Crippen molar-refractivity contribution in [3.05, 3.63) is 29.8 Å². The Morgan fingerprint density at radius 3 is 2.47 bits per heavy atom. The van der Waals surface area contributed by atoms with E-state index in [0.717, 1.165) is 0 Å². The lowest BCUT2D eigenvalue weighted by Crippen LogP contribution is -2.41. The van der Waals surface area contributed by atoms with E-state index in [1.54, 1.807) is 24.3 Å². The molecule has 0 radical (unpaired) electrons. The van der Waals surface area contributed by atoms with Crippen molar-refractivity contribution < 1.29 is 13.2 Å². The van der Waals surface area contributed by atoms with Gasteiger partial charge in [0.15, 0.2) is 5.78 Å². The maximum Gasteiger partial charge on any atom is 0.235 e. The van der Waals surface area contributed by atoms with Crippen LogP contribution >= 0.6 is 0 Å². The van der Waals surface area contributed by atoms with Crippen LogP contribution in [0.2, 0.25) is 0 Å². The summed E-state index contributed by atoms with van der Waals surface area (Å²) in [5, 5.41) is 0. The van der Waals surface area contributed by atoms with Crippen LogP contribution in [0.5, 0.6) is 0 Å². The van der Waals surface area contributed by atoms with Gasteiger partial charge in [0.25, 0.3) is 0 Å². The highest BCUT2D eigenvalue weighted by molar-refractivity contribution is 7.92. The molecule has 4 nitrogen and oxygen atoms in total. The fraction of sp³-hybridized carbons (Fsp3) is 0.500. The molecule has 0 aliphatic carbocycles. The quantitative estimate of drug-likeness (QED) is 0.836. The molecule has 0 fully saturated rings. The average Bonchev–Trinajstić information content (AvgIpc) is 2.26. The third-order valence-corrected chi connectivity index (χ3v) is 5.25. The van der Waals surface area contributed by atoms with Crippen molar-refractivity contribution in [1.82, 2.24) is 0 Å². The molecule has 0 bridgehead atoms. The molecule has 1 heterocycles. The summed E-state index contributed by atoms with van der Waals surface area (Å²) < 4.78 is 26.4. The predicted molar refractivity (Wildman–Crippen MR) is 76.0 cm³/mol. The zero-order chi connectivity index (χ0) is 14.3. The minimum Gasteiger partial charge on any atom is -0.294 e. The first-order valence-electron chi connectivity index (χ1n) is 6.33. The summed E-state index contributed by atoms with van der Waals surface area (Å²) >= 11 is 0. The summed E-state index contributed by atoms with van der Waals surface area (Å²) in [4.78, 5) is 11.8. The number of carbonyl (C=O) groups is 1. The van der Waals surface area contributed by atoms with E-state index in [1.807, 2.05) is 20.8 Å². The van der Waals surface area contributed by atoms with Gasteiger partial charge in [0, 0.05) is 18.5 Å². The van der Waals surface area contributed by atoms with Crippen molar-refractivity contribution >= 4 is 21.5 Å². The topological polar surface area (TPSA) is 54.5 Å². The maximum absolute atomic E-state index is 12.5. The van der Waals surface area contributed by atoms with E-state index in [2.05, 4.69) is 0 Å². The molecule has 0 spiro atoms. The lowest BCUT2D eigenvalue weighted by molar-refractivity contribution is 0.0982. The van der Waals surface area contributed by atoms with Crippen molar-refractivity contribution in [2.75, 3.05) is 16.6 Å². The molecule has 0 saturated heterocycles. The van der Waals surface area contributed by atoms with Crippen LogP contribution in [0.1, 0.15) is 37.6 Å². The van der Waals surface area contributed by atoms with Gasteiger partial charge in [-0.1, -0.05) is 32.9 Å². The normalized spacial score (nSPS) is 16.4. The number of nitrogens with zero attached hydrogens (tertiary/aromatic N) is 1. The van der Waals surface area contributed by atoms with Gasteiger partial charge >= 0.3 is 0 Å². The third kappa shape index (κ3) is 2.97. The summed E-state index contributed by atoms with van der Waals surface area (Å²) in [6.45, 7) is 5.93. The van der Waals surface area contributed by atoms with Crippen molar-refractivity contribution in [3.63, 3.8) is 0 Å². The van der Waals surface area contributed by atoms with E-state index in [9.17, 15) is 13.2 Å². The molecule has 5 heteroatoms. The van der Waals surface area contributed by atoms with Crippen molar-refractivity contribution in [3.8, 4) is 0 Å². The van der Waals surface area contributed by atoms with Crippen LogP contribution in [0.25, 0.3) is 0 Å². The van der Waals surface area contributed by atoms with Crippen LogP contribution in [-0.4, -0.2) is 26.5 Å². The Bertz CT molecular complexity index is 599. The zero-order valence-electron chi connectivity index (χ0n) is 11.5. The smallest absolute Gasteiger partial charge is 0.235 e. The van der Waals surface area contributed by atoms with Gasteiger partial charge < -0.3 is 0 Å². The molecule has 1 aliphatic heterocycles. The largest absolute Gasteiger partial charge is 0.294 e. The van der Waals surface area contributed by atoms with Crippen molar-refractivity contribution in [2.24, 2.45) is 5.41 Å². The summed E-state index contributed by atoms with van der Waals surface area (Å²) in [6.07, 6.45) is 0.250. The molecule has 1 aliphatic rings. The van der Waals surface area contributed by atoms with Gasteiger partial charge in [-0.15, -0.1) is 0 Å². The molecule has 0 unspecified atom stereocenters. The third-order valence-electron chi connectivity index (χ3n) is 2.97. The molecule has 1 aromatic rings. The van der Waals surface area contributed by atoms with Crippen LogP contribution < -0.4 is 4.31 Å². The SMILES string of the molecule is CC(C)(C)CS(=O)(=O)N1CCC(=O)c2ccccc21. The molecule has 0 N–H and O–H groups in total. The number of fused-ring (bicyclic) bond motifs is 1. The van der Waals surface area contributed by atoms with E-state index in [0.29, 0.717) is 11.3 Å². The van der Waals surface area contributed by atoms with E-state index < -0.39 is 10.0 Å². The first-order valence-corrected chi connectivity index (χ1v) is 7.94. The number of hydrogen-bond donors (Lipinski definition) is 0. The zero-order valence-corrected chi connectivity index (χ0v) is 12.3. The van der Waals surface area contributed by atoms with Crippen LogP contribution in [0.3, 0.4) is 0 Å². The van der Waals surface area contributed by atoms with E-state index in [4.69, 9.17) is 0 Å². The number of Topliss-reactive ketones (excluding diaryl/α,β-unsaturated/α-hetero) is 1. The number of anilines is 1. The van der Waals surface area contributed by atoms with Gasteiger partial charge in [-0.05, 0) is 17.5 Å². The van der Waals surface area contributed by atoms with Gasteiger partial charge in [-0.2, -0.15) is 0 Å². The van der Waals surface area contributed by atoms with Crippen LogP contribution in [0, 0.1) is 5.41 Å². The fourth-order valence-corrected chi connectivity index (χ4v) is 4.38. The van der Waals surface area contributed by atoms with E-state index >= 15 is 0 Å². The molecule has 1 aromatic carbocycles. The minimum atomic E-state index is -3.40. The molecule has 0 amide bonds. The summed E-state index contributed by atoms with van der Waals surface area (Å²) in [7, 11) is -3.40. The molecular formula is C14H19NO3S. The Hall–Kier alpha value is -1.36. The van der Waals surface area contributed by atoms with Gasteiger partial charge in [0.1, 0.15) is 0 Å². The second-order valence-electron chi connectivity index (χ2n) is 6.08. The van der Waals surface area contributed by atoms with Gasteiger partial charge in [0.2, 0.25) is 10.0 Å². The number of carbonyl (C=O) groups excluding carboxylic acids is 1. The van der Waals surface area contributed by atoms with Crippen LogP contribution in [-0.2, 0) is 10.0 Å². The van der Waals surface area contributed by atoms with Gasteiger partial charge in [-0.25, -0.2) is 8.42 Å². The number of benzene rings is 1.